The number of amides is 1. The quantitative estimate of drug-likeness (QED) is 0.903. The van der Waals surface area contributed by atoms with Crippen molar-refractivity contribution < 1.29 is 9.90 Å². The molecule has 0 radical (unpaired) electrons. The number of amidine groups is 1. The van der Waals surface area contributed by atoms with Gasteiger partial charge in [0.05, 0.1) is 0 Å². The molecule has 1 atom stereocenters. The van der Waals surface area contributed by atoms with E-state index in [0.717, 1.165) is 11.4 Å². The van der Waals surface area contributed by atoms with E-state index in [1.807, 2.05) is 46.8 Å². The minimum absolute atomic E-state index is 0.0329. The maximum Gasteiger partial charge on any atom is 0.252 e. The predicted molar refractivity (Wildman–Crippen MR) is 84.2 cm³/mol. The Labute approximate surface area is 122 Å². The molecule has 0 fully saturated rings. The number of rotatable bonds is 2. The molecule has 1 unspecified atom stereocenters. The van der Waals surface area contributed by atoms with Crippen LogP contribution < -0.4 is 0 Å². The molecule has 112 valence electrons. The van der Waals surface area contributed by atoms with Crippen molar-refractivity contribution in [1.82, 2.24) is 4.90 Å². The molecule has 0 saturated carbocycles. The van der Waals surface area contributed by atoms with E-state index in [1.54, 1.807) is 24.1 Å². The van der Waals surface area contributed by atoms with Gasteiger partial charge in [-0.15, -0.1) is 0 Å². The molecule has 1 aliphatic heterocycles. The van der Waals surface area contributed by atoms with E-state index in [4.69, 9.17) is 5.11 Å². The highest BCUT2D eigenvalue weighted by Crippen LogP contribution is 2.16. The van der Waals surface area contributed by atoms with Crippen LogP contribution in [0.5, 0.6) is 5.75 Å². The summed E-state index contributed by atoms with van der Waals surface area (Å²) >= 11 is 0. The van der Waals surface area contributed by atoms with Crippen molar-refractivity contribution in [1.29, 1.82) is 0 Å². The number of aliphatic imine (C=N–C) groups is 1. The fourth-order valence-corrected chi connectivity index (χ4v) is 1.74. The topological polar surface area (TPSA) is 52.9 Å². The maximum atomic E-state index is 11.7. The van der Waals surface area contributed by atoms with E-state index in [9.17, 15) is 4.79 Å². The molecule has 0 aromatic heterocycles. The highest BCUT2D eigenvalue weighted by atomic mass is 16.3. The first-order chi connectivity index (χ1) is 9.58. The monoisotopic (exact) mass is 278 g/mol. The molecule has 1 N–H and O–H groups in total. The zero-order chi connectivity index (χ0) is 15.7. The lowest BCUT2D eigenvalue weighted by molar-refractivity contribution is -0.126. The lowest BCUT2D eigenvalue weighted by Crippen LogP contribution is -2.31. The van der Waals surface area contributed by atoms with Gasteiger partial charge < -0.3 is 10.0 Å². The molecular weight excluding hydrogens is 252 g/mol. The second-order valence-electron chi connectivity index (χ2n) is 3.96. The number of carbonyl (C=O) groups excluding carboxylic acids is 1. The van der Waals surface area contributed by atoms with Gasteiger partial charge in [-0.1, -0.05) is 39.8 Å². The molecule has 1 heterocycles. The lowest BCUT2D eigenvalue weighted by Gasteiger charge is -2.10. The second kappa shape index (κ2) is 9.13. The summed E-state index contributed by atoms with van der Waals surface area (Å²) in [7, 11) is 1.73. The van der Waals surface area contributed by atoms with Crippen molar-refractivity contribution in [2.45, 2.75) is 47.1 Å². The standard InChI is InChI=1S/C12H14N2O2.2C2H6/c1-8-13-11(12(16)14(8)2)7-9-3-5-10(15)6-4-9;2*1-2/h3-6,11,15H,7H2,1-2H3;2*1-2H3. The van der Waals surface area contributed by atoms with Crippen molar-refractivity contribution in [3.8, 4) is 5.75 Å². The third kappa shape index (κ3) is 4.68. The second-order valence-corrected chi connectivity index (χ2v) is 3.96. The van der Waals surface area contributed by atoms with Crippen LogP contribution in [0.25, 0.3) is 0 Å². The van der Waals surface area contributed by atoms with E-state index in [0.29, 0.717) is 6.42 Å². The van der Waals surface area contributed by atoms with Gasteiger partial charge in [0, 0.05) is 13.5 Å². The molecule has 0 aliphatic carbocycles. The molecule has 0 saturated heterocycles. The van der Waals surface area contributed by atoms with Crippen LogP contribution in [0.15, 0.2) is 29.3 Å². The first-order valence-electron chi connectivity index (χ1n) is 7.18. The van der Waals surface area contributed by atoms with Crippen molar-refractivity contribution in [3.05, 3.63) is 29.8 Å². The number of carbonyl (C=O) groups is 1. The third-order valence-corrected chi connectivity index (χ3v) is 2.81. The van der Waals surface area contributed by atoms with Gasteiger partial charge in [0.2, 0.25) is 0 Å². The predicted octanol–water partition coefficient (Wildman–Crippen LogP) is 3.25. The van der Waals surface area contributed by atoms with Gasteiger partial charge in [0.15, 0.2) is 0 Å². The van der Waals surface area contributed by atoms with Crippen LogP contribution in [-0.4, -0.2) is 34.8 Å². The molecule has 0 spiro atoms. The Morgan fingerprint density at radius 3 is 2.05 bits per heavy atom. The molecule has 2 rings (SSSR count). The summed E-state index contributed by atoms with van der Waals surface area (Å²) in [5.74, 6) is 1.03. The summed E-state index contributed by atoms with van der Waals surface area (Å²) in [5, 5.41) is 9.15. The number of phenolic OH excluding ortho intramolecular Hbond substituents is 1. The highest BCUT2D eigenvalue weighted by molar-refractivity contribution is 6.04. The van der Waals surface area contributed by atoms with Crippen LogP contribution in [0.4, 0.5) is 0 Å². The average molecular weight is 278 g/mol. The molecule has 1 aromatic carbocycles. The Bertz CT molecular complexity index is 438. The van der Waals surface area contributed by atoms with Crippen LogP contribution >= 0.6 is 0 Å². The van der Waals surface area contributed by atoms with Crippen LogP contribution in [-0.2, 0) is 11.2 Å². The minimum Gasteiger partial charge on any atom is -0.508 e. The fourth-order valence-electron chi connectivity index (χ4n) is 1.74. The summed E-state index contributed by atoms with van der Waals surface area (Å²) in [6, 6.07) is 6.55. The van der Waals surface area contributed by atoms with Gasteiger partial charge >= 0.3 is 0 Å². The van der Waals surface area contributed by atoms with Gasteiger partial charge in [-0.2, -0.15) is 0 Å². The maximum absolute atomic E-state index is 11.7. The van der Waals surface area contributed by atoms with E-state index in [2.05, 4.69) is 4.99 Å². The zero-order valence-corrected chi connectivity index (χ0v) is 13.3. The largest absolute Gasteiger partial charge is 0.508 e. The van der Waals surface area contributed by atoms with E-state index in [1.165, 1.54) is 0 Å². The molecule has 1 aromatic rings. The number of benzene rings is 1. The van der Waals surface area contributed by atoms with Crippen molar-refractivity contribution in [3.63, 3.8) is 0 Å². The number of hydrogen-bond donors (Lipinski definition) is 1. The molecule has 0 bridgehead atoms. The summed E-state index contributed by atoms with van der Waals surface area (Å²) < 4.78 is 0. The number of aromatic hydroxyl groups is 1. The van der Waals surface area contributed by atoms with E-state index >= 15 is 0 Å². The first kappa shape index (κ1) is 18.2. The third-order valence-electron chi connectivity index (χ3n) is 2.81. The molecule has 1 aliphatic rings. The minimum atomic E-state index is -0.311. The first-order valence-corrected chi connectivity index (χ1v) is 7.18. The van der Waals surface area contributed by atoms with E-state index < -0.39 is 0 Å². The molecule has 20 heavy (non-hydrogen) atoms. The van der Waals surface area contributed by atoms with Gasteiger partial charge in [0.25, 0.3) is 5.91 Å². The van der Waals surface area contributed by atoms with Crippen LogP contribution in [0.1, 0.15) is 40.2 Å². The average Bonchev–Trinajstić information content (AvgIpc) is 2.73. The molecule has 4 heteroatoms. The SMILES string of the molecule is CC.CC.CC1=NC(Cc2ccc(O)cc2)C(=O)N1C. The molecule has 1 amide bonds. The Kier molecular flexibility index (Phi) is 8.29. The molecular formula is C16H26N2O2. The van der Waals surface area contributed by atoms with Gasteiger partial charge in [-0.05, 0) is 24.6 Å². The zero-order valence-electron chi connectivity index (χ0n) is 13.3. The highest BCUT2D eigenvalue weighted by Gasteiger charge is 2.29. The summed E-state index contributed by atoms with van der Waals surface area (Å²) in [5.41, 5.74) is 1.00. The van der Waals surface area contributed by atoms with Gasteiger partial charge in [-0.25, -0.2) is 0 Å². The van der Waals surface area contributed by atoms with Gasteiger partial charge in [-0.3, -0.25) is 9.79 Å². The van der Waals surface area contributed by atoms with Crippen LogP contribution in [0, 0.1) is 0 Å². The van der Waals surface area contributed by atoms with Crippen LogP contribution in [0.3, 0.4) is 0 Å². The normalized spacial score (nSPS) is 16.7. The lowest BCUT2D eigenvalue weighted by atomic mass is 10.1. The van der Waals surface area contributed by atoms with E-state index in [-0.39, 0.29) is 17.7 Å². The Balaban J connectivity index is 0.000000829. The molecule has 4 nitrogen and oxygen atoms in total. The fraction of sp³-hybridized carbons (Fsp3) is 0.500. The van der Waals surface area contributed by atoms with Crippen molar-refractivity contribution in [2.24, 2.45) is 4.99 Å². The Morgan fingerprint density at radius 1 is 1.15 bits per heavy atom. The number of nitrogens with zero attached hydrogens (tertiary/aromatic N) is 2. The Morgan fingerprint density at radius 2 is 1.65 bits per heavy atom. The smallest absolute Gasteiger partial charge is 0.252 e. The number of likely N-dealkylation sites (N-methyl/N-ethyl adjacent to an activating group) is 1. The van der Waals surface area contributed by atoms with Crippen molar-refractivity contribution >= 4 is 11.7 Å². The summed E-state index contributed by atoms with van der Waals surface area (Å²) in [4.78, 5) is 17.6. The van der Waals surface area contributed by atoms with Gasteiger partial charge in [0.1, 0.15) is 17.6 Å². The summed E-state index contributed by atoms with van der Waals surface area (Å²) in [6.45, 7) is 9.83. The number of hydrogen-bond acceptors (Lipinski definition) is 3. The van der Waals surface area contributed by atoms with Crippen molar-refractivity contribution in [2.75, 3.05) is 7.05 Å². The summed E-state index contributed by atoms with van der Waals surface area (Å²) in [6.07, 6.45) is 0.584. The number of phenols is 1. The Hall–Kier alpha value is -1.84. The van der Waals surface area contributed by atoms with Crippen LogP contribution in [0.2, 0.25) is 0 Å².